The fraction of sp³-hybridized carbons (Fsp3) is 0.381. The van der Waals surface area contributed by atoms with Crippen LogP contribution in [0.3, 0.4) is 0 Å². The number of hydrogen-bond acceptors (Lipinski definition) is 5. The van der Waals surface area contributed by atoms with Gasteiger partial charge in [-0.05, 0) is 50.7 Å². The summed E-state index contributed by atoms with van der Waals surface area (Å²) in [5.41, 5.74) is 10.4. The van der Waals surface area contributed by atoms with E-state index in [2.05, 4.69) is 50.3 Å². The first-order chi connectivity index (χ1) is 13.1. The minimum Gasteiger partial charge on any atom is -0.393 e. The summed E-state index contributed by atoms with van der Waals surface area (Å²) in [5.74, 6) is 2.20. The Bertz CT molecular complexity index is 910. The predicted octanol–water partition coefficient (Wildman–Crippen LogP) is 3.32. The molecule has 1 aliphatic rings. The number of hydrogen-bond donors (Lipinski definition) is 1. The molecule has 0 atom stereocenters. The average Bonchev–Trinajstić information content (AvgIpc) is 3.01. The van der Waals surface area contributed by atoms with Crippen LogP contribution in [0.25, 0.3) is 5.82 Å². The summed E-state index contributed by atoms with van der Waals surface area (Å²) in [5, 5.41) is 4.51. The Balaban J connectivity index is 1.49. The number of nitrogens with two attached hydrogens (primary N) is 1. The molecule has 4 rings (SSSR count). The van der Waals surface area contributed by atoms with Gasteiger partial charge in [0.25, 0.3) is 0 Å². The van der Waals surface area contributed by atoms with E-state index in [-0.39, 0.29) is 0 Å². The fourth-order valence-corrected chi connectivity index (χ4v) is 3.94. The molecule has 1 saturated heterocycles. The normalized spacial score (nSPS) is 15.3. The van der Waals surface area contributed by atoms with Crippen molar-refractivity contribution in [3.8, 4) is 5.82 Å². The van der Waals surface area contributed by atoms with Crippen molar-refractivity contribution in [3.63, 3.8) is 0 Å². The standard InChI is InChI=1S/C21H26N6/c1-15-12-16(2)27(25-15)21-19(22)20(23-14-24-21)26-10-8-18(9-11-26)13-17-6-4-3-5-7-17/h3-7,12,14,18H,8-11,13,22H2,1-2H3. The van der Waals surface area contributed by atoms with E-state index in [0.717, 1.165) is 49.6 Å². The van der Waals surface area contributed by atoms with E-state index in [0.29, 0.717) is 17.4 Å². The zero-order valence-electron chi connectivity index (χ0n) is 16.0. The van der Waals surface area contributed by atoms with Gasteiger partial charge >= 0.3 is 0 Å². The molecule has 2 aromatic heterocycles. The molecule has 0 unspecified atom stereocenters. The van der Waals surface area contributed by atoms with Crippen molar-refractivity contribution in [3.05, 3.63) is 59.7 Å². The van der Waals surface area contributed by atoms with E-state index in [4.69, 9.17) is 5.73 Å². The van der Waals surface area contributed by atoms with Gasteiger partial charge in [-0.2, -0.15) is 5.10 Å². The van der Waals surface area contributed by atoms with Crippen LogP contribution in [0.5, 0.6) is 0 Å². The molecule has 3 aromatic rings. The van der Waals surface area contributed by atoms with Gasteiger partial charge < -0.3 is 10.6 Å². The van der Waals surface area contributed by atoms with Gasteiger partial charge in [0.1, 0.15) is 12.0 Å². The highest BCUT2D eigenvalue weighted by molar-refractivity contribution is 5.70. The summed E-state index contributed by atoms with van der Waals surface area (Å²) in [6.45, 7) is 5.92. The molecule has 27 heavy (non-hydrogen) atoms. The van der Waals surface area contributed by atoms with Crippen molar-refractivity contribution in [2.75, 3.05) is 23.7 Å². The Labute approximate surface area is 160 Å². The highest BCUT2D eigenvalue weighted by atomic mass is 15.3. The fourth-order valence-electron chi connectivity index (χ4n) is 3.94. The van der Waals surface area contributed by atoms with Gasteiger partial charge in [0.05, 0.1) is 5.69 Å². The van der Waals surface area contributed by atoms with E-state index >= 15 is 0 Å². The molecule has 3 heterocycles. The molecular formula is C21H26N6. The summed E-state index contributed by atoms with van der Waals surface area (Å²) in [7, 11) is 0. The lowest BCUT2D eigenvalue weighted by Gasteiger charge is -2.33. The minimum atomic E-state index is 0.602. The lowest BCUT2D eigenvalue weighted by Crippen LogP contribution is -2.35. The van der Waals surface area contributed by atoms with E-state index in [9.17, 15) is 0 Å². The lowest BCUT2D eigenvalue weighted by atomic mass is 9.90. The molecule has 0 radical (unpaired) electrons. The summed E-state index contributed by atoms with van der Waals surface area (Å²) >= 11 is 0. The Kier molecular flexibility index (Phi) is 4.79. The number of piperidine rings is 1. The van der Waals surface area contributed by atoms with Crippen molar-refractivity contribution in [2.24, 2.45) is 5.92 Å². The molecule has 0 amide bonds. The van der Waals surface area contributed by atoms with Gasteiger partial charge in [-0.15, -0.1) is 0 Å². The number of anilines is 2. The SMILES string of the molecule is Cc1cc(C)n(-c2ncnc(N3CCC(Cc4ccccc4)CC3)c2N)n1. The number of aromatic nitrogens is 4. The second-order valence-electron chi connectivity index (χ2n) is 7.39. The highest BCUT2D eigenvalue weighted by Crippen LogP contribution is 2.30. The Morgan fingerprint density at radius 3 is 2.41 bits per heavy atom. The monoisotopic (exact) mass is 362 g/mol. The molecule has 140 valence electrons. The zero-order valence-corrected chi connectivity index (χ0v) is 16.0. The topological polar surface area (TPSA) is 72.9 Å². The quantitative estimate of drug-likeness (QED) is 0.771. The third kappa shape index (κ3) is 3.65. The van der Waals surface area contributed by atoms with Crippen LogP contribution in [0.4, 0.5) is 11.5 Å². The first-order valence-corrected chi connectivity index (χ1v) is 9.55. The van der Waals surface area contributed by atoms with Crippen molar-refractivity contribution in [1.29, 1.82) is 0 Å². The third-order valence-electron chi connectivity index (χ3n) is 5.33. The molecule has 2 N–H and O–H groups in total. The highest BCUT2D eigenvalue weighted by Gasteiger charge is 2.23. The first kappa shape index (κ1) is 17.5. The molecule has 1 aromatic carbocycles. The van der Waals surface area contributed by atoms with Gasteiger partial charge in [-0.1, -0.05) is 30.3 Å². The van der Waals surface area contributed by atoms with Crippen LogP contribution in [0.1, 0.15) is 29.8 Å². The maximum atomic E-state index is 6.46. The third-order valence-corrected chi connectivity index (χ3v) is 5.33. The van der Waals surface area contributed by atoms with Crippen molar-refractivity contribution < 1.29 is 0 Å². The van der Waals surface area contributed by atoms with Gasteiger partial charge in [0.2, 0.25) is 0 Å². The second-order valence-corrected chi connectivity index (χ2v) is 7.39. The molecular weight excluding hydrogens is 336 g/mol. The predicted molar refractivity (Wildman–Crippen MR) is 108 cm³/mol. The second kappa shape index (κ2) is 7.39. The largest absolute Gasteiger partial charge is 0.393 e. The van der Waals surface area contributed by atoms with Crippen molar-refractivity contribution in [1.82, 2.24) is 19.7 Å². The Morgan fingerprint density at radius 2 is 1.74 bits per heavy atom. The molecule has 0 bridgehead atoms. The first-order valence-electron chi connectivity index (χ1n) is 9.55. The van der Waals surface area contributed by atoms with Crippen LogP contribution < -0.4 is 10.6 Å². The Hall–Kier alpha value is -2.89. The van der Waals surface area contributed by atoms with E-state index < -0.39 is 0 Å². The maximum absolute atomic E-state index is 6.46. The van der Waals surface area contributed by atoms with Crippen LogP contribution in [-0.2, 0) is 6.42 Å². The number of nitrogen functional groups attached to an aromatic ring is 1. The van der Waals surface area contributed by atoms with Crippen LogP contribution in [0.15, 0.2) is 42.7 Å². The summed E-state index contributed by atoms with van der Waals surface area (Å²) < 4.78 is 1.80. The van der Waals surface area contributed by atoms with Crippen LogP contribution in [0, 0.1) is 19.8 Å². The van der Waals surface area contributed by atoms with E-state index in [1.54, 1.807) is 11.0 Å². The molecule has 0 aliphatic carbocycles. The molecule has 0 saturated carbocycles. The van der Waals surface area contributed by atoms with Gasteiger partial charge in [-0.25, -0.2) is 14.6 Å². The van der Waals surface area contributed by atoms with Crippen LogP contribution >= 0.6 is 0 Å². The van der Waals surface area contributed by atoms with Crippen LogP contribution in [0.2, 0.25) is 0 Å². The maximum Gasteiger partial charge on any atom is 0.182 e. The van der Waals surface area contributed by atoms with Crippen LogP contribution in [-0.4, -0.2) is 32.8 Å². The van der Waals surface area contributed by atoms with Crippen molar-refractivity contribution in [2.45, 2.75) is 33.1 Å². The number of nitrogens with zero attached hydrogens (tertiary/aromatic N) is 5. The number of rotatable bonds is 4. The summed E-state index contributed by atoms with van der Waals surface area (Å²) in [6.07, 6.45) is 5.03. The Morgan fingerprint density at radius 1 is 1.04 bits per heavy atom. The minimum absolute atomic E-state index is 0.602. The van der Waals surface area contributed by atoms with Gasteiger partial charge in [0.15, 0.2) is 11.6 Å². The van der Waals surface area contributed by atoms with E-state index in [1.807, 2.05) is 19.9 Å². The number of aryl methyl sites for hydroxylation is 2. The van der Waals surface area contributed by atoms with Gasteiger partial charge in [0, 0.05) is 18.8 Å². The molecule has 1 aliphatic heterocycles. The molecule has 1 fully saturated rings. The molecule has 6 nitrogen and oxygen atoms in total. The average molecular weight is 362 g/mol. The molecule has 6 heteroatoms. The molecule has 0 spiro atoms. The number of benzene rings is 1. The van der Waals surface area contributed by atoms with Gasteiger partial charge in [-0.3, -0.25) is 0 Å². The summed E-state index contributed by atoms with van der Waals surface area (Å²) in [4.78, 5) is 11.2. The zero-order chi connectivity index (χ0) is 18.8. The lowest BCUT2D eigenvalue weighted by molar-refractivity contribution is 0.402. The van der Waals surface area contributed by atoms with Crippen molar-refractivity contribution >= 4 is 11.5 Å². The smallest absolute Gasteiger partial charge is 0.182 e. The van der Waals surface area contributed by atoms with E-state index in [1.165, 1.54) is 5.56 Å². The summed E-state index contributed by atoms with van der Waals surface area (Å²) in [6, 6.07) is 12.8.